The van der Waals surface area contributed by atoms with E-state index < -0.39 is 5.97 Å². The van der Waals surface area contributed by atoms with Crippen LogP contribution in [0.3, 0.4) is 0 Å². The molecule has 5 heteroatoms. The first-order valence-electron chi connectivity index (χ1n) is 9.37. The molecule has 0 spiro atoms. The Balaban J connectivity index is 1.72. The fourth-order valence-corrected chi connectivity index (χ4v) is 3.71. The fourth-order valence-electron chi connectivity index (χ4n) is 3.54. The van der Waals surface area contributed by atoms with Crippen molar-refractivity contribution in [2.45, 2.75) is 32.6 Å². The molecule has 0 aliphatic carbocycles. The Labute approximate surface area is 165 Å². The largest absolute Gasteiger partial charge is 0.477 e. The van der Waals surface area contributed by atoms with E-state index in [9.17, 15) is 4.79 Å². The van der Waals surface area contributed by atoms with Crippen LogP contribution in [0.25, 0.3) is 0 Å². The van der Waals surface area contributed by atoms with Crippen LogP contribution in [0.15, 0.2) is 54.2 Å². The maximum Gasteiger partial charge on any atom is 0.351 e. The van der Waals surface area contributed by atoms with E-state index >= 15 is 0 Å². The second kappa shape index (κ2) is 8.96. The molecule has 1 aliphatic heterocycles. The third-order valence-corrected chi connectivity index (χ3v) is 5.16. The van der Waals surface area contributed by atoms with Crippen LogP contribution in [0, 0.1) is 0 Å². The van der Waals surface area contributed by atoms with Crippen molar-refractivity contribution in [1.29, 1.82) is 0 Å². The second-order valence-corrected chi connectivity index (χ2v) is 7.13. The highest BCUT2D eigenvalue weighted by Crippen LogP contribution is 2.37. The smallest absolute Gasteiger partial charge is 0.351 e. The Bertz CT molecular complexity index is 848. The van der Waals surface area contributed by atoms with Crippen LogP contribution >= 0.6 is 11.6 Å². The minimum atomic E-state index is -0.914. The normalized spacial score (nSPS) is 13.6. The molecular formula is C22H25ClN2O2. The second-order valence-electron chi connectivity index (χ2n) is 6.69. The first-order valence-corrected chi connectivity index (χ1v) is 9.75. The maximum atomic E-state index is 11.0. The van der Waals surface area contributed by atoms with Crippen molar-refractivity contribution in [3.8, 4) is 0 Å². The molecule has 2 N–H and O–H groups in total. The summed E-state index contributed by atoms with van der Waals surface area (Å²) >= 11 is 6.29. The van der Waals surface area contributed by atoms with Crippen LogP contribution in [0.5, 0.6) is 0 Å². The molecule has 1 aliphatic rings. The van der Waals surface area contributed by atoms with Crippen molar-refractivity contribution >= 4 is 28.9 Å². The lowest BCUT2D eigenvalue weighted by molar-refractivity contribution is -0.133. The van der Waals surface area contributed by atoms with Gasteiger partial charge in [0.25, 0.3) is 0 Å². The van der Waals surface area contributed by atoms with Gasteiger partial charge in [0.05, 0.1) is 0 Å². The number of unbranched alkanes of at least 4 members (excludes halogenated alkanes) is 1. The highest BCUT2D eigenvalue weighted by Gasteiger charge is 2.20. The molecule has 0 fully saturated rings. The number of aliphatic carboxylic acids is 1. The van der Waals surface area contributed by atoms with Crippen molar-refractivity contribution in [1.82, 2.24) is 5.32 Å². The zero-order chi connectivity index (χ0) is 19.2. The van der Waals surface area contributed by atoms with Crippen molar-refractivity contribution in [3.63, 3.8) is 0 Å². The SMILES string of the molecule is CC=C(NCCCCN1c2ccccc2CCc2ccc(Cl)cc21)C(=O)O. The van der Waals surface area contributed by atoms with Gasteiger partial charge in [-0.3, -0.25) is 0 Å². The third kappa shape index (κ3) is 4.64. The summed E-state index contributed by atoms with van der Waals surface area (Å²) in [5, 5.41) is 12.8. The number of carboxylic acid groups (broad SMARTS) is 1. The number of hydrogen-bond donors (Lipinski definition) is 2. The van der Waals surface area contributed by atoms with E-state index in [1.807, 2.05) is 6.07 Å². The lowest BCUT2D eigenvalue weighted by Crippen LogP contribution is -2.23. The summed E-state index contributed by atoms with van der Waals surface area (Å²) in [6, 6.07) is 14.7. The van der Waals surface area contributed by atoms with E-state index in [0.29, 0.717) is 6.54 Å². The number of hydrogen-bond acceptors (Lipinski definition) is 3. The van der Waals surface area contributed by atoms with Crippen LogP contribution in [0.2, 0.25) is 5.02 Å². The molecule has 0 amide bonds. The Morgan fingerprint density at radius 3 is 2.63 bits per heavy atom. The van der Waals surface area contributed by atoms with Gasteiger partial charge in [0.1, 0.15) is 5.70 Å². The minimum Gasteiger partial charge on any atom is -0.477 e. The van der Waals surface area contributed by atoms with Crippen LogP contribution in [0.1, 0.15) is 30.9 Å². The number of nitrogens with zero attached hydrogens (tertiary/aromatic N) is 1. The van der Waals surface area contributed by atoms with Gasteiger partial charge in [-0.2, -0.15) is 0 Å². The Hall–Kier alpha value is -2.46. The number of nitrogens with one attached hydrogen (secondary N) is 1. The predicted octanol–water partition coefficient (Wildman–Crippen LogP) is 4.93. The molecule has 1 heterocycles. The van der Waals surface area contributed by atoms with Crippen molar-refractivity contribution in [3.05, 3.63) is 70.4 Å². The van der Waals surface area contributed by atoms with Gasteiger partial charge in [-0.25, -0.2) is 4.79 Å². The molecule has 27 heavy (non-hydrogen) atoms. The molecule has 4 nitrogen and oxygen atoms in total. The average molecular weight is 385 g/mol. The van der Waals surface area contributed by atoms with Gasteiger partial charge in [-0.05, 0) is 61.9 Å². The molecule has 142 valence electrons. The summed E-state index contributed by atoms with van der Waals surface area (Å²) in [4.78, 5) is 13.4. The lowest BCUT2D eigenvalue weighted by Gasteiger charge is -2.27. The fraction of sp³-hybridized carbons (Fsp3) is 0.318. The van der Waals surface area contributed by atoms with E-state index in [1.54, 1.807) is 13.0 Å². The van der Waals surface area contributed by atoms with Gasteiger partial charge < -0.3 is 15.3 Å². The first kappa shape index (κ1) is 19.3. The molecule has 2 aromatic rings. The van der Waals surface area contributed by atoms with Crippen molar-refractivity contribution < 1.29 is 9.90 Å². The van der Waals surface area contributed by atoms with Gasteiger partial charge in [-0.15, -0.1) is 0 Å². The Morgan fingerprint density at radius 2 is 1.89 bits per heavy atom. The number of allylic oxidation sites excluding steroid dienone is 1. The number of aryl methyl sites for hydroxylation is 2. The number of carbonyl (C=O) groups is 1. The van der Waals surface area contributed by atoms with Crippen molar-refractivity contribution in [2.24, 2.45) is 0 Å². The topological polar surface area (TPSA) is 52.6 Å². The van der Waals surface area contributed by atoms with Gasteiger partial charge in [-0.1, -0.05) is 41.9 Å². The van der Waals surface area contributed by atoms with Gasteiger partial charge >= 0.3 is 5.97 Å². The van der Waals surface area contributed by atoms with E-state index in [1.165, 1.54) is 22.5 Å². The number of fused-ring (bicyclic) bond motifs is 2. The molecule has 0 aromatic heterocycles. The number of halogens is 1. The van der Waals surface area contributed by atoms with E-state index in [4.69, 9.17) is 16.7 Å². The van der Waals surface area contributed by atoms with Crippen molar-refractivity contribution in [2.75, 3.05) is 18.0 Å². The number of anilines is 2. The quantitative estimate of drug-likeness (QED) is 0.524. The monoisotopic (exact) mass is 384 g/mol. The van der Waals surface area contributed by atoms with Crippen LogP contribution in [0.4, 0.5) is 11.4 Å². The Kier molecular flexibility index (Phi) is 6.40. The van der Waals surface area contributed by atoms with E-state index in [-0.39, 0.29) is 5.70 Å². The summed E-state index contributed by atoms with van der Waals surface area (Å²) in [7, 11) is 0. The number of rotatable bonds is 7. The predicted molar refractivity (Wildman–Crippen MR) is 111 cm³/mol. The third-order valence-electron chi connectivity index (χ3n) is 4.93. The van der Waals surface area contributed by atoms with E-state index in [0.717, 1.165) is 37.3 Å². The lowest BCUT2D eigenvalue weighted by atomic mass is 10.0. The molecular weight excluding hydrogens is 360 g/mol. The van der Waals surface area contributed by atoms with Gasteiger partial charge in [0.15, 0.2) is 0 Å². The van der Waals surface area contributed by atoms with Gasteiger partial charge in [0.2, 0.25) is 0 Å². The molecule has 0 atom stereocenters. The number of para-hydroxylation sites is 1. The van der Waals surface area contributed by atoms with Gasteiger partial charge in [0, 0.05) is 29.5 Å². The average Bonchev–Trinajstić information content (AvgIpc) is 2.81. The molecule has 0 saturated heterocycles. The minimum absolute atomic E-state index is 0.257. The summed E-state index contributed by atoms with van der Waals surface area (Å²) in [6.07, 6.45) is 5.45. The molecule has 3 rings (SSSR count). The zero-order valence-corrected chi connectivity index (χ0v) is 16.3. The zero-order valence-electron chi connectivity index (χ0n) is 15.5. The molecule has 0 saturated carbocycles. The molecule has 0 unspecified atom stereocenters. The summed E-state index contributed by atoms with van der Waals surface area (Å²) in [5.41, 5.74) is 5.35. The van der Waals surface area contributed by atoms with Crippen LogP contribution in [-0.4, -0.2) is 24.2 Å². The number of carboxylic acids is 1. The summed E-state index contributed by atoms with van der Waals surface area (Å²) < 4.78 is 0. The highest BCUT2D eigenvalue weighted by atomic mass is 35.5. The maximum absolute atomic E-state index is 11.0. The first-order chi connectivity index (χ1) is 13.1. The van der Waals surface area contributed by atoms with Crippen LogP contribution < -0.4 is 10.2 Å². The standard InChI is InChI=1S/C22H25ClN2O2/c1-2-19(22(26)27)24-13-5-6-14-25-20-8-4-3-7-16(20)9-10-17-11-12-18(23)15-21(17)25/h2-4,7-8,11-12,15,24H,5-6,9-10,13-14H2,1H3,(H,26,27). The van der Waals surface area contributed by atoms with E-state index in [2.05, 4.69) is 46.6 Å². The van der Waals surface area contributed by atoms with Crippen LogP contribution in [-0.2, 0) is 17.6 Å². The number of benzene rings is 2. The molecule has 0 radical (unpaired) electrons. The summed E-state index contributed by atoms with van der Waals surface area (Å²) in [6.45, 7) is 3.24. The Morgan fingerprint density at radius 1 is 1.15 bits per heavy atom. The molecule has 0 bridgehead atoms. The summed E-state index contributed by atoms with van der Waals surface area (Å²) in [5.74, 6) is -0.914. The molecule has 2 aromatic carbocycles. The highest BCUT2D eigenvalue weighted by molar-refractivity contribution is 6.30.